The van der Waals surface area contributed by atoms with Gasteiger partial charge in [0.2, 0.25) is 0 Å². The van der Waals surface area contributed by atoms with Gasteiger partial charge in [-0.15, -0.1) is 0 Å². The first-order valence-corrected chi connectivity index (χ1v) is 5.12. The van der Waals surface area contributed by atoms with Crippen LogP contribution in [0.1, 0.15) is 31.0 Å². The Hall–Kier alpha value is -2.09. The first kappa shape index (κ1) is 10.4. The molecule has 2 rings (SSSR count). The van der Waals surface area contributed by atoms with E-state index in [1.54, 1.807) is 17.8 Å². The van der Waals surface area contributed by atoms with Crippen LogP contribution in [0.15, 0.2) is 12.5 Å². The van der Waals surface area contributed by atoms with Crippen molar-refractivity contribution in [3.05, 3.63) is 23.8 Å². The van der Waals surface area contributed by atoms with E-state index >= 15 is 0 Å². The Balaban J connectivity index is 2.73. The van der Waals surface area contributed by atoms with Gasteiger partial charge in [-0.3, -0.25) is 4.40 Å². The lowest BCUT2D eigenvalue weighted by Crippen LogP contribution is -1.99. The Bertz CT molecular complexity index is 561. The minimum absolute atomic E-state index is 0.337. The van der Waals surface area contributed by atoms with Gasteiger partial charge in [0.15, 0.2) is 5.65 Å². The van der Waals surface area contributed by atoms with Crippen molar-refractivity contribution in [3.63, 3.8) is 0 Å². The van der Waals surface area contributed by atoms with Crippen LogP contribution in [0.4, 0.5) is 5.82 Å². The molecule has 0 aliphatic carbocycles. The van der Waals surface area contributed by atoms with Crippen molar-refractivity contribution >= 4 is 11.5 Å². The van der Waals surface area contributed by atoms with Crippen molar-refractivity contribution in [2.24, 2.45) is 0 Å². The highest BCUT2D eigenvalue weighted by Crippen LogP contribution is 2.20. The predicted molar refractivity (Wildman–Crippen MR) is 61.3 cm³/mol. The first-order valence-electron chi connectivity index (χ1n) is 5.12. The van der Waals surface area contributed by atoms with E-state index in [2.05, 4.69) is 35.2 Å². The van der Waals surface area contributed by atoms with E-state index in [9.17, 15) is 0 Å². The molecule has 0 saturated heterocycles. The van der Waals surface area contributed by atoms with Gasteiger partial charge < -0.3 is 5.32 Å². The molecule has 2 aromatic rings. The highest BCUT2D eigenvalue weighted by atomic mass is 15.1. The van der Waals surface area contributed by atoms with Crippen molar-refractivity contribution in [1.29, 1.82) is 5.26 Å². The summed E-state index contributed by atoms with van der Waals surface area (Å²) in [6.45, 7) is 4.14. The number of hydrogen-bond acceptors (Lipinski definition) is 4. The van der Waals surface area contributed by atoms with E-state index in [4.69, 9.17) is 5.26 Å². The number of anilines is 1. The third-order valence-corrected chi connectivity index (χ3v) is 2.46. The number of nitrogens with one attached hydrogen (secondary N) is 1. The van der Waals surface area contributed by atoms with Crippen LogP contribution in [0, 0.1) is 11.3 Å². The fraction of sp³-hybridized carbons (Fsp3) is 0.364. The fourth-order valence-electron chi connectivity index (χ4n) is 1.55. The number of imidazole rings is 1. The molecular weight excluding hydrogens is 202 g/mol. The Labute approximate surface area is 93.8 Å². The summed E-state index contributed by atoms with van der Waals surface area (Å²) in [6.07, 6.45) is 3.58. The molecule has 0 fully saturated rings. The minimum Gasteiger partial charge on any atom is -0.372 e. The molecule has 0 bridgehead atoms. The minimum atomic E-state index is 0.337. The zero-order chi connectivity index (χ0) is 11.7. The number of rotatable bonds is 2. The quantitative estimate of drug-likeness (QED) is 0.829. The molecule has 5 heteroatoms. The summed E-state index contributed by atoms with van der Waals surface area (Å²) in [5, 5.41) is 12.0. The Kier molecular flexibility index (Phi) is 2.49. The Morgan fingerprint density at radius 1 is 1.50 bits per heavy atom. The smallest absolute Gasteiger partial charge is 0.160 e. The van der Waals surface area contributed by atoms with Gasteiger partial charge >= 0.3 is 0 Å². The lowest BCUT2D eigenvalue weighted by atomic mass is 10.2. The lowest BCUT2D eigenvalue weighted by Gasteiger charge is -2.01. The number of nitriles is 1. The number of hydrogen-bond donors (Lipinski definition) is 1. The molecule has 82 valence electrons. The lowest BCUT2D eigenvalue weighted by molar-refractivity contribution is 0.834. The van der Waals surface area contributed by atoms with Gasteiger partial charge in [-0.25, -0.2) is 9.97 Å². The maximum Gasteiger partial charge on any atom is 0.160 e. The third kappa shape index (κ3) is 1.48. The van der Waals surface area contributed by atoms with Gasteiger partial charge in [0.25, 0.3) is 0 Å². The van der Waals surface area contributed by atoms with Crippen molar-refractivity contribution in [3.8, 4) is 6.07 Å². The van der Waals surface area contributed by atoms with Crippen LogP contribution in [-0.4, -0.2) is 21.4 Å². The third-order valence-electron chi connectivity index (χ3n) is 2.46. The van der Waals surface area contributed by atoms with Crippen molar-refractivity contribution in [1.82, 2.24) is 14.4 Å². The molecule has 0 aliphatic heterocycles. The molecule has 0 aliphatic rings. The highest BCUT2D eigenvalue weighted by Gasteiger charge is 2.12. The SMILES string of the molecule is CNc1ncn2cc(C(C)C)nc2c1C#N. The molecule has 0 unspecified atom stereocenters. The molecule has 0 radical (unpaired) electrons. The van der Waals surface area contributed by atoms with Crippen LogP contribution < -0.4 is 5.32 Å². The predicted octanol–water partition coefficient (Wildman–Crippen LogP) is 1.77. The van der Waals surface area contributed by atoms with E-state index < -0.39 is 0 Å². The first-order chi connectivity index (χ1) is 7.67. The summed E-state index contributed by atoms with van der Waals surface area (Å²) >= 11 is 0. The summed E-state index contributed by atoms with van der Waals surface area (Å²) in [5.74, 6) is 0.903. The summed E-state index contributed by atoms with van der Waals surface area (Å²) in [5.41, 5.74) is 2.11. The molecule has 0 saturated carbocycles. The van der Waals surface area contributed by atoms with E-state index in [0.717, 1.165) is 5.69 Å². The standard InChI is InChI=1S/C11H13N5/c1-7(2)9-5-16-6-14-10(13-3)8(4-12)11(16)15-9/h5-7,13H,1-3H3. The molecule has 16 heavy (non-hydrogen) atoms. The van der Waals surface area contributed by atoms with Crippen LogP contribution in [0.3, 0.4) is 0 Å². The summed E-state index contributed by atoms with van der Waals surface area (Å²) in [4.78, 5) is 8.61. The van der Waals surface area contributed by atoms with E-state index in [-0.39, 0.29) is 0 Å². The summed E-state index contributed by atoms with van der Waals surface area (Å²) in [7, 11) is 1.74. The second kappa shape index (κ2) is 3.81. The number of nitrogens with zero attached hydrogens (tertiary/aromatic N) is 4. The average molecular weight is 215 g/mol. The zero-order valence-corrected chi connectivity index (χ0v) is 9.52. The maximum absolute atomic E-state index is 9.11. The van der Waals surface area contributed by atoms with Gasteiger partial charge in [0.05, 0.1) is 5.69 Å². The summed E-state index contributed by atoms with van der Waals surface area (Å²) in [6, 6.07) is 2.13. The molecule has 1 N–H and O–H groups in total. The van der Waals surface area contributed by atoms with Crippen LogP contribution in [0.5, 0.6) is 0 Å². The molecular formula is C11H13N5. The fourth-order valence-corrected chi connectivity index (χ4v) is 1.55. The molecule has 2 heterocycles. The van der Waals surface area contributed by atoms with Gasteiger partial charge in [0, 0.05) is 13.2 Å². The van der Waals surface area contributed by atoms with Gasteiger partial charge in [-0.05, 0) is 5.92 Å². The van der Waals surface area contributed by atoms with E-state index in [1.807, 2.05) is 6.20 Å². The van der Waals surface area contributed by atoms with Crippen LogP contribution in [0.2, 0.25) is 0 Å². The number of fused-ring (bicyclic) bond motifs is 1. The van der Waals surface area contributed by atoms with E-state index in [0.29, 0.717) is 22.9 Å². The monoisotopic (exact) mass is 215 g/mol. The molecule has 0 atom stereocenters. The molecule has 0 aromatic carbocycles. The van der Waals surface area contributed by atoms with Crippen LogP contribution >= 0.6 is 0 Å². The average Bonchev–Trinajstić information content (AvgIpc) is 2.71. The van der Waals surface area contributed by atoms with Crippen molar-refractivity contribution in [2.75, 3.05) is 12.4 Å². The van der Waals surface area contributed by atoms with Crippen LogP contribution in [-0.2, 0) is 0 Å². The maximum atomic E-state index is 9.11. The topological polar surface area (TPSA) is 66.0 Å². The van der Waals surface area contributed by atoms with E-state index in [1.165, 1.54) is 0 Å². The zero-order valence-electron chi connectivity index (χ0n) is 9.52. The Morgan fingerprint density at radius 3 is 2.81 bits per heavy atom. The Morgan fingerprint density at radius 2 is 2.25 bits per heavy atom. The molecule has 0 amide bonds. The van der Waals surface area contributed by atoms with Crippen LogP contribution in [0.25, 0.3) is 5.65 Å². The van der Waals surface area contributed by atoms with Crippen molar-refractivity contribution < 1.29 is 0 Å². The molecule has 0 spiro atoms. The molecule has 2 aromatic heterocycles. The second-order valence-corrected chi connectivity index (χ2v) is 3.88. The van der Waals surface area contributed by atoms with Gasteiger partial charge in [-0.2, -0.15) is 5.26 Å². The van der Waals surface area contributed by atoms with Gasteiger partial charge in [0.1, 0.15) is 23.8 Å². The highest BCUT2D eigenvalue weighted by molar-refractivity contribution is 5.66. The normalized spacial score (nSPS) is 10.7. The second-order valence-electron chi connectivity index (χ2n) is 3.88. The largest absolute Gasteiger partial charge is 0.372 e. The van der Waals surface area contributed by atoms with Gasteiger partial charge in [-0.1, -0.05) is 13.8 Å². The van der Waals surface area contributed by atoms with Crippen molar-refractivity contribution in [2.45, 2.75) is 19.8 Å². The molecule has 5 nitrogen and oxygen atoms in total. The number of aromatic nitrogens is 3. The summed E-state index contributed by atoms with van der Waals surface area (Å²) < 4.78 is 1.79.